The van der Waals surface area contributed by atoms with E-state index in [1.807, 2.05) is 19.9 Å². The van der Waals surface area contributed by atoms with Crippen LogP contribution in [0.3, 0.4) is 0 Å². The molecule has 0 saturated carbocycles. The molecule has 0 saturated heterocycles. The van der Waals surface area contributed by atoms with E-state index < -0.39 is 0 Å². The summed E-state index contributed by atoms with van der Waals surface area (Å²) in [5.41, 5.74) is 2.74. The quantitative estimate of drug-likeness (QED) is 0.551. The zero-order chi connectivity index (χ0) is 12.4. The Bertz CT molecular complexity index is 266. The highest BCUT2D eigenvalue weighted by atomic mass is 14.1. The molecule has 0 aliphatic heterocycles. The Morgan fingerprint density at radius 2 is 2.19 bits per heavy atom. The van der Waals surface area contributed by atoms with E-state index in [1.165, 1.54) is 11.1 Å². The monoisotopic (exact) mass is 218 g/mol. The molecule has 0 fully saturated rings. The van der Waals surface area contributed by atoms with Gasteiger partial charge in [0.25, 0.3) is 0 Å². The fraction of sp³-hybridized carbons (Fsp3) is 0.500. The molecule has 0 N–H and O–H groups in total. The third-order valence-corrected chi connectivity index (χ3v) is 2.59. The molecule has 0 heteroatoms. The predicted molar refractivity (Wildman–Crippen MR) is 75.5 cm³/mol. The Labute approximate surface area is 101 Å². The Kier molecular flexibility index (Phi) is 8.61. The molecule has 0 amide bonds. The van der Waals surface area contributed by atoms with Gasteiger partial charge in [0, 0.05) is 0 Å². The highest BCUT2D eigenvalue weighted by Crippen LogP contribution is 2.24. The van der Waals surface area contributed by atoms with Crippen LogP contribution >= 0.6 is 0 Å². The second-order valence-corrected chi connectivity index (χ2v) is 3.95. The largest absolute Gasteiger partial charge is 0.103 e. The van der Waals surface area contributed by atoms with Gasteiger partial charge < -0.3 is 0 Å². The first-order chi connectivity index (χ1) is 7.74. The summed E-state index contributed by atoms with van der Waals surface area (Å²) in [6, 6.07) is 0. The van der Waals surface area contributed by atoms with Gasteiger partial charge >= 0.3 is 0 Å². The number of hydrogen-bond acceptors (Lipinski definition) is 0. The topological polar surface area (TPSA) is 0 Å². The molecule has 1 atom stereocenters. The zero-order valence-electron chi connectivity index (χ0n) is 11.1. The van der Waals surface area contributed by atoms with Gasteiger partial charge in [0.05, 0.1) is 0 Å². The van der Waals surface area contributed by atoms with Crippen molar-refractivity contribution in [2.24, 2.45) is 5.92 Å². The van der Waals surface area contributed by atoms with Gasteiger partial charge in [-0.25, -0.2) is 0 Å². The van der Waals surface area contributed by atoms with Gasteiger partial charge in [-0.15, -0.1) is 6.58 Å². The summed E-state index contributed by atoms with van der Waals surface area (Å²) in [7, 11) is 0. The van der Waals surface area contributed by atoms with Crippen LogP contribution in [0.15, 0.2) is 48.6 Å². The summed E-state index contributed by atoms with van der Waals surface area (Å²) in [5.74, 6) is 0.563. The lowest BCUT2D eigenvalue weighted by Crippen LogP contribution is -1.90. The normalized spacial score (nSPS) is 18.9. The van der Waals surface area contributed by atoms with Gasteiger partial charge in [-0.3, -0.25) is 0 Å². The van der Waals surface area contributed by atoms with Crippen LogP contribution < -0.4 is 0 Å². The van der Waals surface area contributed by atoms with Gasteiger partial charge in [-0.05, 0) is 37.2 Å². The van der Waals surface area contributed by atoms with E-state index in [-0.39, 0.29) is 0 Å². The highest BCUT2D eigenvalue weighted by Gasteiger charge is 2.06. The molecule has 1 aliphatic carbocycles. The predicted octanol–water partition coefficient (Wildman–Crippen LogP) is 5.45. The smallest absolute Gasteiger partial charge is 0.00760 e. The van der Waals surface area contributed by atoms with E-state index in [0.717, 1.165) is 25.7 Å². The summed E-state index contributed by atoms with van der Waals surface area (Å²) >= 11 is 0. The molecule has 0 aromatic heterocycles. The molecule has 0 spiro atoms. The first-order valence-corrected chi connectivity index (χ1v) is 6.40. The number of rotatable bonds is 4. The van der Waals surface area contributed by atoms with Crippen LogP contribution in [0.5, 0.6) is 0 Å². The Morgan fingerprint density at radius 1 is 1.50 bits per heavy atom. The molecule has 1 unspecified atom stereocenters. The average molecular weight is 218 g/mol. The Morgan fingerprint density at radius 3 is 2.81 bits per heavy atom. The fourth-order valence-electron chi connectivity index (χ4n) is 1.74. The molecular formula is C16H26. The number of hydrogen-bond donors (Lipinski definition) is 0. The van der Waals surface area contributed by atoms with Crippen LogP contribution in [-0.2, 0) is 0 Å². The van der Waals surface area contributed by atoms with E-state index in [2.05, 4.69) is 38.3 Å². The zero-order valence-corrected chi connectivity index (χ0v) is 11.1. The van der Waals surface area contributed by atoms with E-state index >= 15 is 0 Å². The molecule has 0 radical (unpaired) electrons. The third kappa shape index (κ3) is 5.75. The summed E-state index contributed by atoms with van der Waals surface area (Å²) in [4.78, 5) is 0. The van der Waals surface area contributed by atoms with E-state index in [0.29, 0.717) is 5.92 Å². The molecule has 0 aromatic carbocycles. The molecule has 0 nitrogen and oxygen atoms in total. The first-order valence-electron chi connectivity index (χ1n) is 6.40. The SMILES string of the molecule is C=CCCC(=C)C1=CC(C)C=CCC1.CC. The van der Waals surface area contributed by atoms with Crippen LogP contribution in [0.4, 0.5) is 0 Å². The van der Waals surface area contributed by atoms with E-state index in [1.54, 1.807) is 0 Å². The van der Waals surface area contributed by atoms with Crippen molar-refractivity contribution in [2.45, 2.75) is 46.5 Å². The van der Waals surface area contributed by atoms with Crippen molar-refractivity contribution < 1.29 is 0 Å². The average Bonchev–Trinajstić information content (AvgIpc) is 2.53. The van der Waals surface area contributed by atoms with Crippen molar-refractivity contribution in [3.8, 4) is 0 Å². The molecule has 0 heterocycles. The second kappa shape index (κ2) is 9.21. The molecule has 0 aromatic rings. The highest BCUT2D eigenvalue weighted by molar-refractivity contribution is 5.31. The molecule has 16 heavy (non-hydrogen) atoms. The minimum absolute atomic E-state index is 0.563. The Hall–Kier alpha value is -1.04. The minimum atomic E-state index is 0.563. The van der Waals surface area contributed by atoms with Crippen LogP contribution in [0.25, 0.3) is 0 Å². The molecule has 1 rings (SSSR count). The molecule has 0 bridgehead atoms. The van der Waals surface area contributed by atoms with Crippen molar-refractivity contribution in [3.63, 3.8) is 0 Å². The maximum Gasteiger partial charge on any atom is -0.00760 e. The molecular weight excluding hydrogens is 192 g/mol. The first kappa shape index (κ1) is 15.0. The van der Waals surface area contributed by atoms with Crippen molar-refractivity contribution in [1.82, 2.24) is 0 Å². The Balaban J connectivity index is 0.00000106. The van der Waals surface area contributed by atoms with Gasteiger partial charge in [0.2, 0.25) is 0 Å². The second-order valence-electron chi connectivity index (χ2n) is 3.95. The summed E-state index contributed by atoms with van der Waals surface area (Å²) in [5, 5.41) is 0. The van der Waals surface area contributed by atoms with E-state index in [9.17, 15) is 0 Å². The van der Waals surface area contributed by atoms with Crippen molar-refractivity contribution >= 4 is 0 Å². The number of allylic oxidation sites excluding steroid dienone is 6. The third-order valence-electron chi connectivity index (χ3n) is 2.59. The van der Waals surface area contributed by atoms with Crippen molar-refractivity contribution in [2.75, 3.05) is 0 Å². The summed E-state index contributed by atoms with van der Waals surface area (Å²) in [6.07, 6.45) is 13.3. The van der Waals surface area contributed by atoms with Crippen LogP contribution in [0.1, 0.15) is 46.5 Å². The molecule has 1 aliphatic rings. The van der Waals surface area contributed by atoms with Crippen LogP contribution in [0.2, 0.25) is 0 Å². The minimum Gasteiger partial charge on any atom is -0.103 e. The van der Waals surface area contributed by atoms with Gasteiger partial charge in [0.1, 0.15) is 0 Å². The maximum absolute atomic E-state index is 4.15. The van der Waals surface area contributed by atoms with E-state index in [4.69, 9.17) is 0 Å². The summed E-state index contributed by atoms with van der Waals surface area (Å²) < 4.78 is 0. The maximum atomic E-state index is 4.15. The fourth-order valence-corrected chi connectivity index (χ4v) is 1.74. The lowest BCUT2D eigenvalue weighted by atomic mass is 9.97. The van der Waals surface area contributed by atoms with Crippen LogP contribution in [-0.4, -0.2) is 0 Å². The molecule has 90 valence electrons. The lowest BCUT2D eigenvalue weighted by molar-refractivity contribution is 0.898. The standard InChI is InChI=1S/C14H20.C2H6/c1-4-5-9-13(3)14-10-7-6-8-12(2)11-14;1-2/h4,6,8,11-12H,1,3,5,7,9-10H2,2H3;1-2H3. The van der Waals surface area contributed by atoms with Gasteiger partial charge in [-0.2, -0.15) is 0 Å². The lowest BCUT2D eigenvalue weighted by Gasteiger charge is -2.09. The van der Waals surface area contributed by atoms with Crippen LogP contribution in [0, 0.1) is 5.92 Å². The van der Waals surface area contributed by atoms with Gasteiger partial charge in [0.15, 0.2) is 0 Å². The van der Waals surface area contributed by atoms with Gasteiger partial charge in [-0.1, -0.05) is 57.2 Å². The van der Waals surface area contributed by atoms with Crippen molar-refractivity contribution in [1.29, 1.82) is 0 Å². The van der Waals surface area contributed by atoms with Crippen molar-refractivity contribution in [3.05, 3.63) is 48.6 Å². The summed E-state index contributed by atoms with van der Waals surface area (Å²) in [6.45, 7) is 14.1.